The first-order valence-electron chi connectivity index (χ1n) is 6.02. The Kier molecular flexibility index (Phi) is 2.70. The molecule has 0 spiro atoms. The summed E-state index contributed by atoms with van der Waals surface area (Å²) in [6, 6.07) is 8.41. The topological polar surface area (TPSA) is 38.0 Å². The van der Waals surface area contributed by atoms with Crippen LogP contribution in [-0.4, -0.2) is 13.1 Å². The average molecular weight is 218 g/mol. The van der Waals surface area contributed by atoms with E-state index in [4.69, 9.17) is 5.73 Å². The zero-order valence-electron chi connectivity index (χ0n) is 10.5. The Balaban J connectivity index is 2.44. The van der Waals surface area contributed by atoms with Crippen molar-refractivity contribution in [1.29, 1.82) is 0 Å². The van der Waals surface area contributed by atoms with Gasteiger partial charge in [0.25, 0.3) is 0 Å². The van der Waals surface area contributed by atoms with Crippen LogP contribution in [0.15, 0.2) is 24.3 Å². The van der Waals surface area contributed by atoms with E-state index in [1.807, 2.05) is 12.1 Å². The van der Waals surface area contributed by atoms with E-state index in [0.29, 0.717) is 0 Å². The van der Waals surface area contributed by atoms with E-state index >= 15 is 0 Å². The normalized spacial score (nSPS) is 25.9. The van der Waals surface area contributed by atoms with Gasteiger partial charge in [0.05, 0.1) is 0 Å². The second-order valence-corrected chi connectivity index (χ2v) is 5.88. The van der Waals surface area contributed by atoms with Crippen molar-refractivity contribution in [2.75, 3.05) is 18.8 Å². The molecule has 0 amide bonds. The van der Waals surface area contributed by atoms with Crippen LogP contribution in [0.5, 0.6) is 0 Å². The fourth-order valence-corrected chi connectivity index (χ4v) is 2.81. The van der Waals surface area contributed by atoms with Crippen LogP contribution in [0.1, 0.15) is 32.8 Å². The van der Waals surface area contributed by atoms with Gasteiger partial charge >= 0.3 is 0 Å². The number of nitrogens with one attached hydrogen (secondary N) is 1. The summed E-state index contributed by atoms with van der Waals surface area (Å²) >= 11 is 0. The molecule has 2 nitrogen and oxygen atoms in total. The molecule has 0 aliphatic carbocycles. The molecule has 1 fully saturated rings. The first kappa shape index (κ1) is 11.5. The minimum atomic E-state index is 0.251. The Bertz CT molecular complexity index is 353. The van der Waals surface area contributed by atoms with Crippen molar-refractivity contribution in [3.63, 3.8) is 0 Å². The number of benzene rings is 1. The first-order valence-corrected chi connectivity index (χ1v) is 6.02. The quantitative estimate of drug-likeness (QED) is 0.711. The van der Waals surface area contributed by atoms with Crippen molar-refractivity contribution < 1.29 is 0 Å². The maximum Gasteiger partial charge on any atom is 0.0314 e. The molecule has 0 saturated carbocycles. The van der Waals surface area contributed by atoms with Crippen LogP contribution in [0, 0.1) is 5.41 Å². The lowest BCUT2D eigenvalue weighted by atomic mass is 9.62. The van der Waals surface area contributed by atoms with Crippen molar-refractivity contribution in [3.05, 3.63) is 29.8 Å². The standard InChI is InChI=1S/C14H22N2/c1-13(2,3)14(8-9-16-10-14)11-4-6-12(15)7-5-11/h4-7,16H,8-10,15H2,1-3H3. The van der Waals surface area contributed by atoms with Gasteiger partial charge in [0.1, 0.15) is 0 Å². The van der Waals surface area contributed by atoms with Crippen molar-refractivity contribution in [3.8, 4) is 0 Å². The predicted octanol–water partition coefficient (Wildman–Crippen LogP) is 2.55. The minimum Gasteiger partial charge on any atom is -0.399 e. The molecule has 2 rings (SSSR count). The SMILES string of the molecule is CC(C)(C)C1(c2ccc(N)cc2)CCNC1. The van der Waals surface area contributed by atoms with Gasteiger partial charge in [-0.3, -0.25) is 0 Å². The summed E-state index contributed by atoms with van der Waals surface area (Å²) in [5, 5.41) is 3.50. The van der Waals surface area contributed by atoms with Crippen LogP contribution in [0.3, 0.4) is 0 Å². The summed E-state index contributed by atoms with van der Waals surface area (Å²) in [6.45, 7) is 9.17. The highest BCUT2D eigenvalue weighted by atomic mass is 14.9. The van der Waals surface area contributed by atoms with Gasteiger partial charge in [-0.15, -0.1) is 0 Å². The summed E-state index contributed by atoms with van der Waals surface area (Å²) in [7, 11) is 0. The molecular weight excluding hydrogens is 196 g/mol. The molecule has 88 valence electrons. The lowest BCUT2D eigenvalue weighted by molar-refractivity contribution is 0.203. The molecule has 16 heavy (non-hydrogen) atoms. The van der Waals surface area contributed by atoms with E-state index in [-0.39, 0.29) is 10.8 Å². The average Bonchev–Trinajstić information content (AvgIpc) is 2.68. The van der Waals surface area contributed by atoms with E-state index in [9.17, 15) is 0 Å². The second-order valence-electron chi connectivity index (χ2n) is 5.88. The molecule has 0 radical (unpaired) electrons. The van der Waals surface area contributed by atoms with E-state index in [1.54, 1.807) is 0 Å². The summed E-state index contributed by atoms with van der Waals surface area (Å²) in [5.74, 6) is 0. The summed E-state index contributed by atoms with van der Waals surface area (Å²) in [5.41, 5.74) is 8.55. The van der Waals surface area contributed by atoms with Gasteiger partial charge in [-0.25, -0.2) is 0 Å². The molecule has 0 bridgehead atoms. The fraction of sp³-hybridized carbons (Fsp3) is 0.571. The van der Waals surface area contributed by atoms with Gasteiger partial charge < -0.3 is 11.1 Å². The number of hydrogen-bond donors (Lipinski definition) is 2. The van der Waals surface area contributed by atoms with E-state index < -0.39 is 0 Å². The Morgan fingerprint density at radius 3 is 2.25 bits per heavy atom. The Labute approximate surface area is 98.2 Å². The van der Waals surface area contributed by atoms with Gasteiger partial charge in [-0.2, -0.15) is 0 Å². The highest BCUT2D eigenvalue weighted by Gasteiger charge is 2.45. The third-order valence-corrected chi connectivity index (χ3v) is 4.05. The first-order chi connectivity index (χ1) is 7.46. The molecule has 0 aromatic heterocycles. The Hall–Kier alpha value is -1.02. The monoisotopic (exact) mass is 218 g/mol. The number of nitrogens with two attached hydrogens (primary N) is 1. The largest absolute Gasteiger partial charge is 0.399 e. The van der Waals surface area contributed by atoms with E-state index in [2.05, 4.69) is 38.2 Å². The zero-order chi connectivity index (χ0) is 11.8. The van der Waals surface area contributed by atoms with Crippen molar-refractivity contribution in [1.82, 2.24) is 5.32 Å². The minimum absolute atomic E-state index is 0.251. The van der Waals surface area contributed by atoms with Crippen molar-refractivity contribution in [2.45, 2.75) is 32.6 Å². The molecule has 1 atom stereocenters. The molecule has 1 saturated heterocycles. The predicted molar refractivity (Wildman–Crippen MR) is 69.5 cm³/mol. The smallest absolute Gasteiger partial charge is 0.0314 e. The Morgan fingerprint density at radius 2 is 1.81 bits per heavy atom. The lowest BCUT2D eigenvalue weighted by Gasteiger charge is -2.42. The third kappa shape index (κ3) is 1.71. The van der Waals surface area contributed by atoms with Gasteiger partial charge in [-0.1, -0.05) is 32.9 Å². The Morgan fingerprint density at radius 1 is 1.19 bits per heavy atom. The van der Waals surface area contributed by atoms with E-state index in [0.717, 1.165) is 18.8 Å². The number of rotatable bonds is 1. The molecule has 1 aliphatic heterocycles. The molecular formula is C14H22N2. The van der Waals surface area contributed by atoms with Crippen LogP contribution in [0.4, 0.5) is 5.69 Å². The van der Waals surface area contributed by atoms with Gasteiger partial charge in [-0.05, 0) is 36.1 Å². The van der Waals surface area contributed by atoms with Crippen LogP contribution in [0.2, 0.25) is 0 Å². The van der Waals surface area contributed by atoms with E-state index in [1.165, 1.54) is 12.0 Å². The number of anilines is 1. The third-order valence-electron chi connectivity index (χ3n) is 4.05. The highest BCUT2D eigenvalue weighted by molar-refractivity contribution is 5.42. The molecule has 1 aliphatic rings. The van der Waals surface area contributed by atoms with Crippen LogP contribution >= 0.6 is 0 Å². The molecule has 3 N–H and O–H groups in total. The summed E-state index contributed by atoms with van der Waals surface area (Å²) in [6.07, 6.45) is 1.21. The molecule has 1 unspecified atom stereocenters. The van der Waals surface area contributed by atoms with Crippen LogP contribution in [-0.2, 0) is 5.41 Å². The van der Waals surface area contributed by atoms with Crippen LogP contribution in [0.25, 0.3) is 0 Å². The molecule has 2 heteroatoms. The maximum atomic E-state index is 5.76. The molecule has 1 aromatic rings. The molecule has 1 aromatic carbocycles. The fourth-order valence-electron chi connectivity index (χ4n) is 2.81. The number of nitrogen functional groups attached to an aromatic ring is 1. The summed E-state index contributed by atoms with van der Waals surface area (Å²) in [4.78, 5) is 0. The lowest BCUT2D eigenvalue weighted by Crippen LogP contribution is -2.42. The van der Waals surface area contributed by atoms with Gasteiger partial charge in [0.15, 0.2) is 0 Å². The maximum absolute atomic E-state index is 5.76. The van der Waals surface area contributed by atoms with Crippen molar-refractivity contribution >= 4 is 5.69 Å². The number of hydrogen-bond acceptors (Lipinski definition) is 2. The second kappa shape index (κ2) is 3.77. The highest BCUT2D eigenvalue weighted by Crippen LogP contribution is 2.45. The summed E-state index contributed by atoms with van der Waals surface area (Å²) < 4.78 is 0. The van der Waals surface area contributed by atoms with Crippen LogP contribution < -0.4 is 11.1 Å². The van der Waals surface area contributed by atoms with Gasteiger partial charge in [0, 0.05) is 17.6 Å². The molecule has 1 heterocycles. The van der Waals surface area contributed by atoms with Crippen molar-refractivity contribution in [2.24, 2.45) is 5.41 Å². The van der Waals surface area contributed by atoms with Gasteiger partial charge in [0.2, 0.25) is 0 Å². The zero-order valence-corrected chi connectivity index (χ0v) is 10.5.